The third-order valence-corrected chi connectivity index (χ3v) is 1.85. The molecule has 0 aromatic heterocycles. The average Bonchev–Trinajstić information content (AvgIpc) is 2.02. The lowest BCUT2D eigenvalue weighted by molar-refractivity contribution is -0.131. The van der Waals surface area contributed by atoms with Crippen molar-refractivity contribution in [1.82, 2.24) is 5.32 Å². The van der Waals surface area contributed by atoms with Gasteiger partial charge in [0.1, 0.15) is 0 Å². The summed E-state index contributed by atoms with van der Waals surface area (Å²) >= 11 is 0. The van der Waals surface area contributed by atoms with Gasteiger partial charge in [0, 0.05) is 19.5 Å². The molecule has 0 aliphatic rings. The number of nitrogens with one attached hydrogen (secondary N) is 1. The Kier molecular flexibility index (Phi) is 4.91. The fraction of sp³-hybridized carbons (Fsp3) is 0.600. The number of carbonyl (C=O) groups excluding carboxylic acids is 1. The number of hydrogen-bond donors (Lipinski definition) is 2. The SMILES string of the molecule is CNC(=O)CC(C)(C)CC=CC(=O)O. The minimum Gasteiger partial charge on any atom is -0.478 e. The number of amides is 1. The van der Waals surface area contributed by atoms with E-state index < -0.39 is 5.97 Å². The van der Waals surface area contributed by atoms with Crippen LogP contribution in [0.1, 0.15) is 26.7 Å². The van der Waals surface area contributed by atoms with Gasteiger partial charge in [-0.15, -0.1) is 0 Å². The molecule has 0 radical (unpaired) electrons. The van der Waals surface area contributed by atoms with Crippen LogP contribution in [0, 0.1) is 5.41 Å². The Hall–Kier alpha value is -1.32. The van der Waals surface area contributed by atoms with Gasteiger partial charge in [0.2, 0.25) is 5.91 Å². The predicted molar refractivity (Wildman–Crippen MR) is 53.9 cm³/mol. The zero-order valence-electron chi connectivity index (χ0n) is 8.83. The molecule has 0 aromatic carbocycles. The molecule has 0 saturated carbocycles. The van der Waals surface area contributed by atoms with Crippen molar-refractivity contribution in [1.29, 1.82) is 0 Å². The third-order valence-electron chi connectivity index (χ3n) is 1.85. The van der Waals surface area contributed by atoms with E-state index in [1.165, 1.54) is 0 Å². The average molecular weight is 199 g/mol. The molecule has 14 heavy (non-hydrogen) atoms. The van der Waals surface area contributed by atoms with E-state index in [2.05, 4.69) is 5.32 Å². The number of carboxylic acids is 1. The van der Waals surface area contributed by atoms with Crippen LogP contribution >= 0.6 is 0 Å². The van der Waals surface area contributed by atoms with Gasteiger partial charge in [-0.2, -0.15) is 0 Å². The second kappa shape index (κ2) is 5.42. The van der Waals surface area contributed by atoms with Crippen molar-refractivity contribution in [3.8, 4) is 0 Å². The van der Waals surface area contributed by atoms with E-state index in [1.807, 2.05) is 13.8 Å². The Morgan fingerprint density at radius 3 is 2.43 bits per heavy atom. The maximum absolute atomic E-state index is 11.1. The molecule has 0 unspecified atom stereocenters. The zero-order chi connectivity index (χ0) is 11.2. The van der Waals surface area contributed by atoms with Crippen LogP contribution in [0.25, 0.3) is 0 Å². The van der Waals surface area contributed by atoms with Crippen molar-refractivity contribution in [3.63, 3.8) is 0 Å². The van der Waals surface area contributed by atoms with Crippen LogP contribution in [0.5, 0.6) is 0 Å². The topological polar surface area (TPSA) is 66.4 Å². The molecule has 0 aliphatic carbocycles. The predicted octanol–water partition coefficient (Wildman–Crippen LogP) is 1.18. The molecule has 0 fully saturated rings. The molecule has 2 N–H and O–H groups in total. The third kappa shape index (κ3) is 6.22. The summed E-state index contributed by atoms with van der Waals surface area (Å²) in [5, 5.41) is 10.9. The van der Waals surface area contributed by atoms with Crippen LogP contribution in [0.2, 0.25) is 0 Å². The number of carboxylic acid groups (broad SMARTS) is 1. The van der Waals surface area contributed by atoms with Crippen molar-refractivity contribution in [2.24, 2.45) is 5.41 Å². The zero-order valence-corrected chi connectivity index (χ0v) is 8.83. The summed E-state index contributed by atoms with van der Waals surface area (Å²) in [4.78, 5) is 21.3. The second-order valence-corrected chi connectivity index (χ2v) is 3.96. The molecule has 1 amide bonds. The Bertz CT molecular complexity index is 244. The number of hydrogen-bond acceptors (Lipinski definition) is 2. The lowest BCUT2D eigenvalue weighted by Gasteiger charge is -2.21. The highest BCUT2D eigenvalue weighted by Gasteiger charge is 2.19. The molecule has 0 aliphatic heterocycles. The van der Waals surface area contributed by atoms with Crippen molar-refractivity contribution in [2.75, 3.05) is 7.05 Å². The molecular formula is C10H17NO3. The van der Waals surface area contributed by atoms with E-state index in [0.717, 1.165) is 6.08 Å². The summed E-state index contributed by atoms with van der Waals surface area (Å²) < 4.78 is 0. The van der Waals surface area contributed by atoms with Gasteiger partial charge in [0.25, 0.3) is 0 Å². The van der Waals surface area contributed by atoms with Crippen LogP contribution in [-0.4, -0.2) is 24.0 Å². The van der Waals surface area contributed by atoms with Gasteiger partial charge in [-0.3, -0.25) is 4.79 Å². The number of aliphatic carboxylic acids is 1. The van der Waals surface area contributed by atoms with E-state index >= 15 is 0 Å². The summed E-state index contributed by atoms with van der Waals surface area (Å²) in [5.74, 6) is -0.987. The lowest BCUT2D eigenvalue weighted by Crippen LogP contribution is -2.25. The molecule has 0 spiro atoms. The normalized spacial score (nSPS) is 11.6. The maximum Gasteiger partial charge on any atom is 0.327 e. The highest BCUT2D eigenvalue weighted by atomic mass is 16.4. The fourth-order valence-electron chi connectivity index (χ4n) is 1.07. The number of carbonyl (C=O) groups is 2. The highest BCUT2D eigenvalue weighted by molar-refractivity contribution is 5.79. The van der Waals surface area contributed by atoms with Crippen LogP contribution in [-0.2, 0) is 9.59 Å². The quantitative estimate of drug-likeness (QED) is 0.653. The molecule has 0 atom stereocenters. The number of rotatable bonds is 5. The van der Waals surface area contributed by atoms with Gasteiger partial charge >= 0.3 is 5.97 Å². The molecule has 0 rings (SSSR count). The fourth-order valence-corrected chi connectivity index (χ4v) is 1.07. The summed E-state index contributed by atoms with van der Waals surface area (Å²) in [6, 6.07) is 0. The van der Waals surface area contributed by atoms with Crippen LogP contribution in [0.15, 0.2) is 12.2 Å². The molecule has 0 heterocycles. The minimum atomic E-state index is -0.958. The monoisotopic (exact) mass is 199 g/mol. The lowest BCUT2D eigenvalue weighted by atomic mass is 9.85. The van der Waals surface area contributed by atoms with Gasteiger partial charge in [-0.05, 0) is 11.8 Å². The Morgan fingerprint density at radius 1 is 1.43 bits per heavy atom. The van der Waals surface area contributed by atoms with Crippen molar-refractivity contribution < 1.29 is 14.7 Å². The smallest absolute Gasteiger partial charge is 0.327 e. The first-order chi connectivity index (χ1) is 6.37. The molecule has 0 saturated heterocycles. The number of allylic oxidation sites excluding steroid dienone is 1. The van der Waals surface area contributed by atoms with Gasteiger partial charge < -0.3 is 10.4 Å². The largest absolute Gasteiger partial charge is 0.478 e. The van der Waals surface area contributed by atoms with Gasteiger partial charge in [0.15, 0.2) is 0 Å². The van der Waals surface area contributed by atoms with Crippen LogP contribution in [0.3, 0.4) is 0 Å². The van der Waals surface area contributed by atoms with Gasteiger partial charge in [-0.1, -0.05) is 19.9 Å². The van der Waals surface area contributed by atoms with Crippen LogP contribution < -0.4 is 5.32 Å². The Balaban J connectivity index is 4.07. The summed E-state index contributed by atoms with van der Waals surface area (Å²) in [6.45, 7) is 3.85. The van der Waals surface area contributed by atoms with Crippen molar-refractivity contribution in [3.05, 3.63) is 12.2 Å². The van der Waals surface area contributed by atoms with E-state index in [9.17, 15) is 9.59 Å². The molecule has 0 bridgehead atoms. The summed E-state index contributed by atoms with van der Waals surface area (Å²) in [7, 11) is 1.59. The first kappa shape index (κ1) is 12.7. The minimum absolute atomic E-state index is 0.0290. The highest BCUT2D eigenvalue weighted by Crippen LogP contribution is 2.25. The van der Waals surface area contributed by atoms with Gasteiger partial charge in [0.05, 0.1) is 0 Å². The molecule has 4 nitrogen and oxygen atoms in total. The van der Waals surface area contributed by atoms with E-state index in [4.69, 9.17) is 5.11 Å². The van der Waals surface area contributed by atoms with Gasteiger partial charge in [-0.25, -0.2) is 4.79 Å². The standard InChI is InChI=1S/C10H17NO3/c1-10(2,7-8(12)11-3)6-4-5-9(13)14/h4-5H,6-7H2,1-3H3,(H,11,12)(H,13,14). The van der Waals surface area contributed by atoms with E-state index in [0.29, 0.717) is 12.8 Å². The molecular weight excluding hydrogens is 182 g/mol. The molecule has 0 aromatic rings. The Labute approximate surface area is 84.0 Å². The first-order valence-corrected chi connectivity index (χ1v) is 4.47. The summed E-state index contributed by atoms with van der Waals surface area (Å²) in [6.07, 6.45) is 3.65. The Morgan fingerprint density at radius 2 is 2.00 bits per heavy atom. The summed E-state index contributed by atoms with van der Waals surface area (Å²) in [5.41, 5.74) is -0.202. The first-order valence-electron chi connectivity index (χ1n) is 4.47. The van der Waals surface area contributed by atoms with E-state index in [-0.39, 0.29) is 11.3 Å². The van der Waals surface area contributed by atoms with E-state index in [1.54, 1.807) is 13.1 Å². The van der Waals surface area contributed by atoms with Crippen molar-refractivity contribution >= 4 is 11.9 Å². The maximum atomic E-state index is 11.1. The molecule has 4 heteroatoms. The van der Waals surface area contributed by atoms with Crippen molar-refractivity contribution in [2.45, 2.75) is 26.7 Å². The molecule has 80 valence electrons. The van der Waals surface area contributed by atoms with Crippen LogP contribution in [0.4, 0.5) is 0 Å². The second-order valence-electron chi connectivity index (χ2n) is 3.96.